The van der Waals surface area contributed by atoms with Crippen LogP contribution in [0.15, 0.2) is 29.2 Å². The fraction of sp³-hybridized carbons (Fsp3) is 0.625. The molecule has 0 radical (unpaired) electrons. The maximum Gasteiger partial charge on any atom is 0.0289 e. The van der Waals surface area contributed by atoms with E-state index in [4.69, 9.17) is 0 Å². The van der Waals surface area contributed by atoms with E-state index in [1.807, 2.05) is 0 Å². The third-order valence-corrected chi connectivity index (χ3v) is 5.39. The number of fused-ring (bicyclic) bond motifs is 1. The molecule has 1 heterocycles. The molecule has 0 spiro atoms. The van der Waals surface area contributed by atoms with E-state index in [0.717, 1.165) is 17.7 Å². The van der Waals surface area contributed by atoms with Gasteiger partial charge in [0.1, 0.15) is 0 Å². The highest BCUT2D eigenvalue weighted by molar-refractivity contribution is 8.00. The van der Waals surface area contributed by atoms with Gasteiger partial charge >= 0.3 is 0 Å². The standard InChI is InChI=1S/C16H25NS/c1-4-12(3)10-14(17-5-2)16-11-13-8-6-7-9-15(13)18-16/h6-9,12,14,16-17H,4-5,10-11H2,1-3H3. The Morgan fingerprint density at radius 2 is 2.11 bits per heavy atom. The molecular formula is C16H25NS. The van der Waals surface area contributed by atoms with Crippen molar-refractivity contribution in [2.75, 3.05) is 6.54 Å². The first-order chi connectivity index (χ1) is 8.74. The third-order valence-electron chi connectivity index (χ3n) is 3.94. The van der Waals surface area contributed by atoms with Gasteiger partial charge in [0.15, 0.2) is 0 Å². The summed E-state index contributed by atoms with van der Waals surface area (Å²) in [7, 11) is 0. The summed E-state index contributed by atoms with van der Waals surface area (Å²) in [5.74, 6) is 0.818. The van der Waals surface area contributed by atoms with Crippen LogP contribution in [0.4, 0.5) is 0 Å². The number of nitrogens with one attached hydrogen (secondary N) is 1. The second kappa shape index (κ2) is 6.63. The van der Waals surface area contributed by atoms with Crippen LogP contribution in [0.2, 0.25) is 0 Å². The minimum absolute atomic E-state index is 0.655. The van der Waals surface area contributed by atoms with Crippen LogP contribution in [0, 0.1) is 5.92 Å². The van der Waals surface area contributed by atoms with Gasteiger partial charge in [0, 0.05) is 16.2 Å². The van der Waals surface area contributed by atoms with E-state index in [0.29, 0.717) is 6.04 Å². The molecule has 100 valence electrons. The zero-order valence-corrected chi connectivity index (χ0v) is 12.6. The Balaban J connectivity index is 2.01. The van der Waals surface area contributed by atoms with Crippen molar-refractivity contribution in [3.63, 3.8) is 0 Å². The molecule has 3 atom stereocenters. The predicted molar refractivity (Wildman–Crippen MR) is 81.3 cm³/mol. The van der Waals surface area contributed by atoms with E-state index in [-0.39, 0.29) is 0 Å². The Hall–Kier alpha value is -0.470. The molecule has 0 saturated heterocycles. The Morgan fingerprint density at radius 1 is 1.33 bits per heavy atom. The highest BCUT2D eigenvalue weighted by atomic mass is 32.2. The largest absolute Gasteiger partial charge is 0.313 e. The lowest BCUT2D eigenvalue weighted by atomic mass is 9.94. The normalized spacial score (nSPS) is 21.6. The fourth-order valence-corrected chi connectivity index (χ4v) is 4.08. The zero-order chi connectivity index (χ0) is 13.0. The van der Waals surface area contributed by atoms with Crippen molar-refractivity contribution in [2.24, 2.45) is 5.92 Å². The van der Waals surface area contributed by atoms with Crippen LogP contribution in [-0.2, 0) is 6.42 Å². The summed E-state index contributed by atoms with van der Waals surface area (Å²) >= 11 is 2.07. The minimum atomic E-state index is 0.655. The van der Waals surface area contributed by atoms with Gasteiger partial charge in [-0.15, -0.1) is 11.8 Å². The first-order valence-electron chi connectivity index (χ1n) is 7.22. The SMILES string of the molecule is CCNC(CC(C)CC)C1Cc2ccccc2S1. The van der Waals surface area contributed by atoms with Gasteiger partial charge in [-0.2, -0.15) is 0 Å². The molecule has 1 aliphatic rings. The van der Waals surface area contributed by atoms with Crippen molar-refractivity contribution in [3.05, 3.63) is 29.8 Å². The Morgan fingerprint density at radius 3 is 2.78 bits per heavy atom. The Labute approximate surface area is 116 Å². The van der Waals surface area contributed by atoms with Gasteiger partial charge in [-0.25, -0.2) is 0 Å². The fourth-order valence-electron chi connectivity index (χ4n) is 2.66. The summed E-state index contributed by atoms with van der Waals surface area (Å²) in [5.41, 5.74) is 1.54. The molecule has 3 unspecified atom stereocenters. The van der Waals surface area contributed by atoms with Crippen molar-refractivity contribution in [1.82, 2.24) is 5.32 Å². The van der Waals surface area contributed by atoms with Crippen molar-refractivity contribution in [1.29, 1.82) is 0 Å². The van der Waals surface area contributed by atoms with Crippen LogP contribution in [0.3, 0.4) is 0 Å². The molecule has 0 aliphatic carbocycles. The van der Waals surface area contributed by atoms with E-state index in [9.17, 15) is 0 Å². The topological polar surface area (TPSA) is 12.0 Å². The van der Waals surface area contributed by atoms with Gasteiger partial charge in [0.25, 0.3) is 0 Å². The number of hydrogen-bond acceptors (Lipinski definition) is 2. The second-order valence-corrected chi connectivity index (χ2v) is 6.66. The van der Waals surface area contributed by atoms with E-state index < -0.39 is 0 Å². The van der Waals surface area contributed by atoms with Crippen LogP contribution in [0.25, 0.3) is 0 Å². The van der Waals surface area contributed by atoms with Crippen molar-refractivity contribution < 1.29 is 0 Å². The molecule has 0 saturated carbocycles. The number of benzene rings is 1. The molecule has 1 aliphatic heterocycles. The van der Waals surface area contributed by atoms with Crippen LogP contribution < -0.4 is 5.32 Å². The van der Waals surface area contributed by atoms with Gasteiger partial charge in [-0.3, -0.25) is 0 Å². The lowest BCUT2D eigenvalue weighted by Gasteiger charge is -2.26. The number of hydrogen-bond donors (Lipinski definition) is 1. The van der Waals surface area contributed by atoms with E-state index >= 15 is 0 Å². The van der Waals surface area contributed by atoms with Gasteiger partial charge in [-0.1, -0.05) is 45.4 Å². The zero-order valence-electron chi connectivity index (χ0n) is 11.8. The quantitative estimate of drug-likeness (QED) is 0.828. The predicted octanol–water partition coefficient (Wildman–Crippen LogP) is 4.12. The smallest absolute Gasteiger partial charge is 0.0289 e. The summed E-state index contributed by atoms with van der Waals surface area (Å²) in [6, 6.07) is 9.53. The summed E-state index contributed by atoms with van der Waals surface area (Å²) < 4.78 is 0. The molecule has 2 heteroatoms. The maximum absolute atomic E-state index is 3.70. The molecule has 2 rings (SSSR count). The molecule has 1 aromatic rings. The summed E-state index contributed by atoms with van der Waals surface area (Å²) in [6.07, 6.45) is 3.82. The van der Waals surface area contributed by atoms with Crippen LogP contribution in [-0.4, -0.2) is 17.8 Å². The van der Waals surface area contributed by atoms with Gasteiger partial charge < -0.3 is 5.32 Å². The average Bonchev–Trinajstić information content (AvgIpc) is 2.81. The first kappa shape index (κ1) is 14.0. The minimum Gasteiger partial charge on any atom is -0.313 e. The molecule has 0 aromatic heterocycles. The van der Waals surface area contributed by atoms with Gasteiger partial charge in [0.2, 0.25) is 0 Å². The van der Waals surface area contributed by atoms with Crippen molar-refractivity contribution in [3.8, 4) is 0 Å². The van der Waals surface area contributed by atoms with Gasteiger partial charge in [-0.05, 0) is 36.9 Å². The summed E-state index contributed by atoms with van der Waals surface area (Å²) in [5, 5.41) is 4.42. The van der Waals surface area contributed by atoms with E-state index in [2.05, 4.69) is 62.1 Å². The second-order valence-electron chi connectivity index (χ2n) is 5.38. The molecule has 18 heavy (non-hydrogen) atoms. The molecule has 0 amide bonds. The van der Waals surface area contributed by atoms with Crippen molar-refractivity contribution in [2.45, 2.75) is 56.2 Å². The Bertz CT molecular complexity index is 352. The van der Waals surface area contributed by atoms with Gasteiger partial charge in [0.05, 0.1) is 0 Å². The third kappa shape index (κ3) is 3.30. The monoisotopic (exact) mass is 263 g/mol. The lowest BCUT2D eigenvalue weighted by molar-refractivity contribution is 0.390. The maximum atomic E-state index is 3.70. The highest BCUT2D eigenvalue weighted by Crippen LogP contribution is 2.39. The van der Waals surface area contributed by atoms with Crippen LogP contribution in [0.1, 0.15) is 39.2 Å². The Kier molecular flexibility index (Phi) is 5.13. The van der Waals surface area contributed by atoms with E-state index in [1.165, 1.54) is 24.2 Å². The molecule has 1 aromatic carbocycles. The molecular weight excluding hydrogens is 238 g/mol. The summed E-state index contributed by atoms with van der Waals surface area (Å²) in [4.78, 5) is 1.49. The van der Waals surface area contributed by atoms with Crippen LogP contribution >= 0.6 is 11.8 Å². The van der Waals surface area contributed by atoms with E-state index in [1.54, 1.807) is 5.56 Å². The molecule has 0 fully saturated rings. The number of thioether (sulfide) groups is 1. The average molecular weight is 263 g/mol. The lowest BCUT2D eigenvalue weighted by Crippen LogP contribution is -2.39. The number of rotatable bonds is 6. The van der Waals surface area contributed by atoms with Crippen LogP contribution in [0.5, 0.6) is 0 Å². The highest BCUT2D eigenvalue weighted by Gasteiger charge is 2.29. The van der Waals surface area contributed by atoms with Crippen molar-refractivity contribution >= 4 is 11.8 Å². The molecule has 1 N–H and O–H groups in total. The molecule has 0 bridgehead atoms. The molecule has 1 nitrogen and oxygen atoms in total. The first-order valence-corrected chi connectivity index (χ1v) is 8.10. The summed E-state index contributed by atoms with van der Waals surface area (Å²) in [6.45, 7) is 7.96.